The molecule has 1 fully saturated rings. The number of thiophene rings is 1. The van der Waals surface area contributed by atoms with Crippen molar-refractivity contribution in [2.24, 2.45) is 5.41 Å². The first kappa shape index (κ1) is 18.6. The number of aromatic nitrogens is 1. The van der Waals surface area contributed by atoms with Gasteiger partial charge in [-0.2, -0.15) is 0 Å². The Labute approximate surface area is 155 Å². The van der Waals surface area contributed by atoms with E-state index in [1.807, 2.05) is 24.5 Å². The van der Waals surface area contributed by atoms with Crippen LogP contribution in [0.25, 0.3) is 0 Å². The number of pyridine rings is 1. The quantitative estimate of drug-likeness (QED) is 0.797. The second kappa shape index (κ2) is 7.56. The lowest BCUT2D eigenvalue weighted by molar-refractivity contribution is 0.112. The van der Waals surface area contributed by atoms with Gasteiger partial charge in [-0.05, 0) is 81.5 Å². The van der Waals surface area contributed by atoms with Crippen molar-refractivity contribution in [1.29, 1.82) is 0 Å². The monoisotopic (exact) mass is 358 g/mol. The maximum atomic E-state index is 9.66. The summed E-state index contributed by atoms with van der Waals surface area (Å²) in [6.45, 7) is 9.06. The lowest BCUT2D eigenvalue weighted by Crippen LogP contribution is -2.41. The first-order valence-corrected chi connectivity index (χ1v) is 10.1. The van der Waals surface area contributed by atoms with Crippen molar-refractivity contribution < 1.29 is 5.11 Å². The maximum Gasteiger partial charge on any atom is 0.0436 e. The first-order valence-electron chi connectivity index (χ1n) is 9.27. The molecule has 0 aromatic carbocycles. The van der Waals surface area contributed by atoms with Crippen LogP contribution in [0.3, 0.4) is 0 Å². The second-order valence-corrected chi connectivity index (χ2v) is 9.00. The van der Waals surface area contributed by atoms with Gasteiger partial charge in [0.2, 0.25) is 0 Å². The van der Waals surface area contributed by atoms with Crippen LogP contribution < -0.4 is 0 Å². The summed E-state index contributed by atoms with van der Waals surface area (Å²) < 4.78 is 0. The zero-order valence-corrected chi connectivity index (χ0v) is 16.5. The molecule has 1 atom stereocenters. The number of aryl methyl sites for hydroxylation is 2. The molecule has 0 saturated carbocycles. The van der Waals surface area contributed by atoms with E-state index in [0.29, 0.717) is 0 Å². The third-order valence-corrected chi connectivity index (χ3v) is 6.91. The van der Waals surface area contributed by atoms with Crippen molar-refractivity contribution in [3.8, 4) is 0 Å². The van der Waals surface area contributed by atoms with Gasteiger partial charge in [0.05, 0.1) is 0 Å². The van der Waals surface area contributed by atoms with Crippen molar-refractivity contribution in [3.05, 3.63) is 52.0 Å². The van der Waals surface area contributed by atoms with Crippen LogP contribution in [-0.4, -0.2) is 34.7 Å². The van der Waals surface area contributed by atoms with E-state index in [1.54, 1.807) is 0 Å². The van der Waals surface area contributed by atoms with Gasteiger partial charge in [-0.3, -0.25) is 9.88 Å². The lowest BCUT2D eigenvalue weighted by Gasteiger charge is -2.38. The molecule has 0 bridgehead atoms. The van der Waals surface area contributed by atoms with Gasteiger partial charge in [0, 0.05) is 35.5 Å². The van der Waals surface area contributed by atoms with E-state index in [4.69, 9.17) is 0 Å². The fourth-order valence-corrected chi connectivity index (χ4v) is 4.75. The molecule has 1 aliphatic heterocycles. The highest BCUT2D eigenvalue weighted by atomic mass is 32.1. The molecule has 3 heterocycles. The van der Waals surface area contributed by atoms with Crippen molar-refractivity contribution in [2.45, 2.75) is 52.0 Å². The minimum absolute atomic E-state index is 0.0269. The van der Waals surface area contributed by atoms with E-state index < -0.39 is 0 Å². The fraction of sp³-hybridized carbons (Fsp3) is 0.571. The Kier molecular flexibility index (Phi) is 5.62. The van der Waals surface area contributed by atoms with Gasteiger partial charge in [-0.15, -0.1) is 11.3 Å². The van der Waals surface area contributed by atoms with E-state index in [-0.39, 0.29) is 17.6 Å². The molecule has 0 spiro atoms. The van der Waals surface area contributed by atoms with E-state index in [9.17, 15) is 5.11 Å². The van der Waals surface area contributed by atoms with E-state index in [2.05, 4.69) is 53.4 Å². The summed E-state index contributed by atoms with van der Waals surface area (Å²) in [6, 6.07) is 8.67. The average molecular weight is 359 g/mol. The van der Waals surface area contributed by atoms with Crippen LogP contribution in [0.4, 0.5) is 0 Å². The third kappa shape index (κ3) is 4.13. The van der Waals surface area contributed by atoms with E-state index >= 15 is 0 Å². The summed E-state index contributed by atoms with van der Waals surface area (Å²) in [6.07, 6.45) is 6.37. The normalized spacial score (nSPS) is 21.8. The molecule has 0 amide bonds. The molecule has 136 valence electrons. The van der Waals surface area contributed by atoms with Gasteiger partial charge in [-0.25, -0.2) is 0 Å². The van der Waals surface area contributed by atoms with Crippen LogP contribution in [0.1, 0.15) is 49.2 Å². The smallest absolute Gasteiger partial charge is 0.0436 e. The Morgan fingerprint density at radius 1 is 1.28 bits per heavy atom. The minimum atomic E-state index is -0.0269. The highest BCUT2D eigenvalue weighted by Crippen LogP contribution is 2.43. The highest BCUT2D eigenvalue weighted by Gasteiger charge is 2.43. The summed E-state index contributed by atoms with van der Waals surface area (Å²) in [5, 5.41) is 11.8. The SMILES string of the molecule is Cc1ccc(C(C)(C)N2CC[C@](CCO)(CCc3cccs3)C2)cn1. The number of hydrogen-bond acceptors (Lipinski definition) is 4. The standard InChI is InChI=1S/C21H30N2OS/c1-17-6-7-18(15-22-17)20(2,3)23-12-10-21(16-23,11-13-24)9-8-19-5-4-14-25-19/h4-7,14-15,24H,8-13,16H2,1-3H3/t21-/m0/s1. The molecule has 0 unspecified atom stereocenters. The Hall–Kier alpha value is -1.23. The molecule has 1 N–H and O–H groups in total. The molecular weight excluding hydrogens is 328 g/mol. The van der Waals surface area contributed by atoms with Gasteiger partial charge >= 0.3 is 0 Å². The van der Waals surface area contributed by atoms with Crippen molar-refractivity contribution in [1.82, 2.24) is 9.88 Å². The van der Waals surface area contributed by atoms with Gasteiger partial charge < -0.3 is 5.11 Å². The average Bonchev–Trinajstić information content (AvgIpc) is 3.24. The second-order valence-electron chi connectivity index (χ2n) is 7.97. The minimum Gasteiger partial charge on any atom is -0.396 e. The van der Waals surface area contributed by atoms with E-state index in [0.717, 1.165) is 38.0 Å². The molecule has 3 nitrogen and oxygen atoms in total. The molecule has 4 heteroatoms. The largest absolute Gasteiger partial charge is 0.396 e. The topological polar surface area (TPSA) is 36.4 Å². The molecule has 2 aromatic heterocycles. The number of rotatable bonds is 7. The number of likely N-dealkylation sites (tertiary alicyclic amines) is 1. The summed E-state index contributed by atoms with van der Waals surface area (Å²) >= 11 is 1.84. The van der Waals surface area contributed by atoms with Crippen LogP contribution in [0, 0.1) is 12.3 Å². The van der Waals surface area contributed by atoms with Crippen molar-refractivity contribution in [2.75, 3.05) is 19.7 Å². The lowest BCUT2D eigenvalue weighted by atomic mass is 9.79. The molecule has 25 heavy (non-hydrogen) atoms. The van der Waals surface area contributed by atoms with Crippen LogP contribution >= 0.6 is 11.3 Å². The van der Waals surface area contributed by atoms with Crippen LogP contribution in [0.2, 0.25) is 0 Å². The van der Waals surface area contributed by atoms with Crippen LogP contribution in [-0.2, 0) is 12.0 Å². The van der Waals surface area contributed by atoms with Gasteiger partial charge in [-0.1, -0.05) is 12.1 Å². The highest BCUT2D eigenvalue weighted by molar-refractivity contribution is 7.09. The molecule has 3 rings (SSSR count). The molecule has 0 radical (unpaired) electrons. The van der Waals surface area contributed by atoms with Crippen molar-refractivity contribution in [3.63, 3.8) is 0 Å². The Balaban J connectivity index is 1.72. The Morgan fingerprint density at radius 2 is 2.12 bits per heavy atom. The predicted molar refractivity (Wildman–Crippen MR) is 105 cm³/mol. The number of nitrogens with zero attached hydrogens (tertiary/aromatic N) is 2. The summed E-state index contributed by atoms with van der Waals surface area (Å²) in [5.74, 6) is 0. The molecular formula is C21H30N2OS. The van der Waals surface area contributed by atoms with Crippen LogP contribution in [0.15, 0.2) is 35.8 Å². The van der Waals surface area contributed by atoms with Crippen LogP contribution in [0.5, 0.6) is 0 Å². The van der Waals surface area contributed by atoms with E-state index in [1.165, 1.54) is 16.9 Å². The number of aliphatic hydroxyl groups excluding tert-OH is 1. The summed E-state index contributed by atoms with van der Waals surface area (Å²) in [7, 11) is 0. The third-order valence-electron chi connectivity index (χ3n) is 5.97. The Morgan fingerprint density at radius 3 is 2.76 bits per heavy atom. The van der Waals surface area contributed by atoms with Gasteiger partial charge in [0.15, 0.2) is 0 Å². The predicted octanol–water partition coefficient (Wildman–Crippen LogP) is 4.39. The summed E-state index contributed by atoms with van der Waals surface area (Å²) in [4.78, 5) is 8.54. The molecule has 1 aliphatic rings. The first-order chi connectivity index (χ1) is 12.0. The molecule has 2 aromatic rings. The zero-order valence-electron chi connectivity index (χ0n) is 15.7. The summed E-state index contributed by atoms with van der Waals surface area (Å²) in [5.41, 5.74) is 2.54. The van der Waals surface area contributed by atoms with Gasteiger partial charge in [0.1, 0.15) is 0 Å². The Bertz CT molecular complexity index is 666. The fourth-order valence-electron chi connectivity index (χ4n) is 4.04. The number of aliphatic hydroxyl groups is 1. The molecule has 1 saturated heterocycles. The van der Waals surface area contributed by atoms with Gasteiger partial charge in [0.25, 0.3) is 0 Å². The number of hydrogen-bond donors (Lipinski definition) is 1. The maximum absolute atomic E-state index is 9.66. The zero-order chi connectivity index (χ0) is 17.9. The molecule has 0 aliphatic carbocycles. The van der Waals surface area contributed by atoms with Crippen molar-refractivity contribution >= 4 is 11.3 Å².